The third kappa shape index (κ3) is 3.39. The fraction of sp³-hybridized carbons (Fsp3) is 0.500. The average Bonchev–Trinajstić information content (AvgIpc) is 2.29. The van der Waals surface area contributed by atoms with Gasteiger partial charge in [-0.1, -0.05) is 19.1 Å². The van der Waals surface area contributed by atoms with E-state index in [1.54, 1.807) is 19.5 Å². The average molecular weight is 240 g/mol. The highest BCUT2D eigenvalue weighted by Gasteiger charge is 2.12. The van der Waals surface area contributed by atoms with E-state index in [4.69, 9.17) is 22.7 Å². The van der Waals surface area contributed by atoms with E-state index >= 15 is 0 Å². The van der Waals surface area contributed by atoms with Crippen LogP contribution in [-0.4, -0.2) is 34.7 Å². The van der Waals surface area contributed by atoms with E-state index in [2.05, 4.69) is 22.2 Å². The molecule has 0 aliphatic heterocycles. The Bertz CT molecular complexity index is 358. The van der Waals surface area contributed by atoms with Crippen LogP contribution in [0.25, 0.3) is 0 Å². The zero-order chi connectivity index (χ0) is 12.0. The molecule has 1 aromatic heterocycles. The van der Waals surface area contributed by atoms with Gasteiger partial charge in [-0.3, -0.25) is 0 Å². The van der Waals surface area contributed by atoms with Crippen LogP contribution in [0.2, 0.25) is 0 Å². The highest BCUT2D eigenvalue weighted by atomic mass is 32.1. The molecule has 1 rings (SSSR count). The van der Waals surface area contributed by atoms with E-state index in [0.717, 1.165) is 6.42 Å². The van der Waals surface area contributed by atoms with Gasteiger partial charge in [-0.25, -0.2) is 9.97 Å². The van der Waals surface area contributed by atoms with Crippen molar-refractivity contribution < 1.29 is 4.74 Å². The molecule has 0 spiro atoms. The molecule has 1 unspecified atom stereocenters. The lowest BCUT2D eigenvalue weighted by Gasteiger charge is -2.17. The predicted octanol–water partition coefficient (Wildman–Crippen LogP) is 0.948. The first-order valence-electron chi connectivity index (χ1n) is 5.05. The maximum atomic E-state index is 5.56. The fourth-order valence-electron chi connectivity index (χ4n) is 1.28. The van der Waals surface area contributed by atoms with Crippen molar-refractivity contribution >= 4 is 23.0 Å². The van der Waals surface area contributed by atoms with E-state index in [-0.39, 0.29) is 11.0 Å². The highest BCUT2D eigenvalue weighted by molar-refractivity contribution is 7.80. The van der Waals surface area contributed by atoms with E-state index in [9.17, 15) is 0 Å². The van der Waals surface area contributed by atoms with Crippen LogP contribution < -0.4 is 11.1 Å². The lowest BCUT2D eigenvalue weighted by molar-refractivity contribution is 0.184. The number of anilines is 1. The van der Waals surface area contributed by atoms with Gasteiger partial charge < -0.3 is 15.8 Å². The maximum Gasteiger partial charge on any atom is 0.155 e. The lowest BCUT2D eigenvalue weighted by Crippen LogP contribution is -2.27. The number of nitrogens with two attached hydrogens (primary N) is 1. The van der Waals surface area contributed by atoms with Crippen molar-refractivity contribution in [3.63, 3.8) is 0 Å². The topological polar surface area (TPSA) is 73.1 Å². The van der Waals surface area contributed by atoms with E-state index in [0.29, 0.717) is 18.1 Å². The number of thiocarbonyl (C=S) groups is 1. The summed E-state index contributed by atoms with van der Waals surface area (Å²) in [4.78, 5) is 8.51. The summed E-state index contributed by atoms with van der Waals surface area (Å²) in [5, 5.41) is 3.21. The summed E-state index contributed by atoms with van der Waals surface area (Å²) in [5.74, 6) is 0.610. The van der Waals surface area contributed by atoms with Crippen molar-refractivity contribution in [2.24, 2.45) is 5.73 Å². The molecular formula is C10H16N4OS. The highest BCUT2D eigenvalue weighted by Crippen LogP contribution is 2.10. The Hall–Kier alpha value is -1.27. The van der Waals surface area contributed by atoms with Gasteiger partial charge in [0.1, 0.15) is 10.7 Å². The van der Waals surface area contributed by atoms with Crippen LogP contribution in [0.5, 0.6) is 0 Å². The Morgan fingerprint density at radius 1 is 1.56 bits per heavy atom. The quantitative estimate of drug-likeness (QED) is 0.721. The van der Waals surface area contributed by atoms with Crippen molar-refractivity contribution in [2.45, 2.75) is 19.4 Å². The van der Waals surface area contributed by atoms with Crippen molar-refractivity contribution in [3.8, 4) is 0 Å². The minimum Gasteiger partial charge on any atom is -0.388 e. The molecule has 6 heteroatoms. The molecule has 0 aliphatic rings. The molecule has 1 aromatic rings. The number of nitrogens with one attached hydrogen (secondary N) is 1. The van der Waals surface area contributed by atoms with Gasteiger partial charge in [0, 0.05) is 19.5 Å². The molecule has 0 aromatic carbocycles. The van der Waals surface area contributed by atoms with Crippen LogP contribution in [0.15, 0.2) is 12.4 Å². The van der Waals surface area contributed by atoms with Crippen LogP contribution in [0, 0.1) is 0 Å². The van der Waals surface area contributed by atoms with Crippen LogP contribution in [-0.2, 0) is 4.74 Å². The van der Waals surface area contributed by atoms with Gasteiger partial charge in [-0.2, -0.15) is 0 Å². The molecule has 0 fully saturated rings. The second-order valence-electron chi connectivity index (χ2n) is 3.32. The summed E-state index contributed by atoms with van der Waals surface area (Å²) in [6.07, 6.45) is 4.09. The smallest absolute Gasteiger partial charge is 0.155 e. The van der Waals surface area contributed by atoms with E-state index in [1.165, 1.54) is 0 Å². The van der Waals surface area contributed by atoms with Gasteiger partial charge >= 0.3 is 0 Å². The normalized spacial score (nSPS) is 12.1. The Kier molecular flexibility index (Phi) is 5.07. The van der Waals surface area contributed by atoms with Gasteiger partial charge in [0.05, 0.1) is 12.6 Å². The van der Waals surface area contributed by atoms with Crippen LogP contribution in [0.1, 0.15) is 19.0 Å². The largest absolute Gasteiger partial charge is 0.388 e. The molecule has 88 valence electrons. The molecule has 16 heavy (non-hydrogen) atoms. The monoisotopic (exact) mass is 240 g/mol. The number of rotatable bonds is 6. The van der Waals surface area contributed by atoms with Crippen molar-refractivity contribution in [1.29, 1.82) is 0 Å². The Balaban J connectivity index is 2.82. The van der Waals surface area contributed by atoms with Gasteiger partial charge in [0.25, 0.3) is 0 Å². The summed E-state index contributed by atoms with van der Waals surface area (Å²) in [6, 6.07) is 0.176. The minimum atomic E-state index is 0.176. The second-order valence-corrected chi connectivity index (χ2v) is 3.76. The molecule has 0 amide bonds. The molecular weight excluding hydrogens is 224 g/mol. The fourth-order valence-corrected chi connectivity index (χ4v) is 1.43. The first kappa shape index (κ1) is 12.8. The molecule has 1 heterocycles. The molecule has 0 radical (unpaired) electrons. The first-order chi connectivity index (χ1) is 7.69. The molecule has 0 bridgehead atoms. The van der Waals surface area contributed by atoms with Gasteiger partial charge in [-0.15, -0.1) is 0 Å². The number of ether oxygens (including phenoxy) is 1. The number of nitrogens with zero attached hydrogens (tertiary/aromatic N) is 2. The predicted molar refractivity (Wildman–Crippen MR) is 67.5 cm³/mol. The Labute approximate surface area is 100 Å². The number of methoxy groups -OCH3 is 1. The van der Waals surface area contributed by atoms with Crippen LogP contribution >= 0.6 is 12.2 Å². The van der Waals surface area contributed by atoms with Crippen molar-refractivity contribution in [2.75, 3.05) is 19.0 Å². The third-order valence-electron chi connectivity index (χ3n) is 2.13. The maximum absolute atomic E-state index is 5.56. The third-order valence-corrected chi connectivity index (χ3v) is 2.33. The molecule has 3 N–H and O–H groups in total. The second kappa shape index (κ2) is 6.34. The van der Waals surface area contributed by atoms with Crippen LogP contribution in [0.4, 0.5) is 5.82 Å². The summed E-state index contributed by atoms with van der Waals surface area (Å²) in [5.41, 5.74) is 6.08. The van der Waals surface area contributed by atoms with Crippen molar-refractivity contribution in [1.82, 2.24) is 9.97 Å². The SMILES string of the molecule is CCC(COC)Nc1nccnc1C(N)=S. The number of hydrogen-bond donors (Lipinski definition) is 2. The van der Waals surface area contributed by atoms with Gasteiger partial charge in [0.2, 0.25) is 0 Å². The zero-order valence-electron chi connectivity index (χ0n) is 9.43. The zero-order valence-corrected chi connectivity index (χ0v) is 10.3. The molecule has 5 nitrogen and oxygen atoms in total. The standard InChI is InChI=1S/C10H16N4OS/c1-3-7(6-15-2)14-10-8(9(11)16)12-4-5-13-10/h4-5,7H,3,6H2,1-2H3,(H2,11,16)(H,13,14). The number of hydrogen-bond acceptors (Lipinski definition) is 5. The van der Waals surface area contributed by atoms with Gasteiger partial charge in [-0.05, 0) is 6.42 Å². The summed E-state index contributed by atoms with van der Waals surface area (Å²) in [7, 11) is 1.66. The summed E-state index contributed by atoms with van der Waals surface area (Å²) in [6.45, 7) is 2.66. The number of aromatic nitrogens is 2. The summed E-state index contributed by atoms with van der Waals surface area (Å²) >= 11 is 4.91. The lowest BCUT2D eigenvalue weighted by atomic mass is 10.2. The first-order valence-corrected chi connectivity index (χ1v) is 5.46. The molecule has 1 atom stereocenters. The van der Waals surface area contributed by atoms with Crippen molar-refractivity contribution in [3.05, 3.63) is 18.1 Å². The minimum absolute atomic E-state index is 0.176. The van der Waals surface area contributed by atoms with E-state index < -0.39 is 0 Å². The Morgan fingerprint density at radius 2 is 2.25 bits per heavy atom. The van der Waals surface area contributed by atoms with E-state index in [1.807, 2.05) is 0 Å². The molecule has 0 saturated heterocycles. The Morgan fingerprint density at radius 3 is 2.81 bits per heavy atom. The van der Waals surface area contributed by atoms with Gasteiger partial charge in [0.15, 0.2) is 5.82 Å². The molecule has 0 aliphatic carbocycles. The molecule has 0 saturated carbocycles. The van der Waals surface area contributed by atoms with Crippen LogP contribution in [0.3, 0.4) is 0 Å². The summed E-state index contributed by atoms with van der Waals surface area (Å²) < 4.78 is 5.09.